The molecule has 17 heavy (non-hydrogen) atoms. The third-order valence-corrected chi connectivity index (χ3v) is 2.85. The molecular formula is C13H15FN2O. The Morgan fingerprint density at radius 3 is 2.53 bits per heavy atom. The molecular weight excluding hydrogens is 219 g/mol. The Morgan fingerprint density at radius 2 is 2.00 bits per heavy atom. The average Bonchev–Trinajstić information content (AvgIpc) is 2.71. The summed E-state index contributed by atoms with van der Waals surface area (Å²) in [7, 11) is 0. The summed E-state index contributed by atoms with van der Waals surface area (Å²) in [5.41, 5.74) is 5.17. The zero-order valence-corrected chi connectivity index (χ0v) is 9.83. The van der Waals surface area contributed by atoms with E-state index in [0.29, 0.717) is 5.56 Å². The van der Waals surface area contributed by atoms with Crippen molar-refractivity contribution in [3.63, 3.8) is 0 Å². The second kappa shape index (κ2) is 4.69. The van der Waals surface area contributed by atoms with Crippen LogP contribution in [0.15, 0.2) is 34.9 Å². The van der Waals surface area contributed by atoms with E-state index in [1.807, 2.05) is 13.0 Å². The van der Waals surface area contributed by atoms with Crippen molar-refractivity contribution in [3.8, 4) is 0 Å². The number of nitrogens with one attached hydrogen (secondary N) is 1. The molecule has 4 heteroatoms. The van der Waals surface area contributed by atoms with Crippen molar-refractivity contribution in [3.05, 3.63) is 58.8 Å². The smallest absolute Gasteiger partial charge is 0.129 e. The lowest BCUT2D eigenvalue weighted by Gasteiger charge is -2.15. The predicted molar refractivity (Wildman–Crippen MR) is 63.7 cm³/mol. The Hall–Kier alpha value is -1.65. The van der Waals surface area contributed by atoms with Crippen LogP contribution in [0, 0.1) is 19.7 Å². The maximum atomic E-state index is 13.2. The molecule has 2 rings (SSSR count). The largest absolute Gasteiger partial charge is 0.467 e. The molecule has 1 unspecified atom stereocenters. The summed E-state index contributed by atoms with van der Waals surface area (Å²) >= 11 is 0. The average molecular weight is 234 g/mol. The van der Waals surface area contributed by atoms with Gasteiger partial charge in [-0.25, -0.2) is 9.82 Å². The first-order chi connectivity index (χ1) is 8.13. The van der Waals surface area contributed by atoms with Gasteiger partial charge < -0.3 is 4.42 Å². The van der Waals surface area contributed by atoms with Crippen molar-refractivity contribution < 1.29 is 8.81 Å². The highest BCUT2D eigenvalue weighted by atomic mass is 19.1. The summed E-state index contributed by atoms with van der Waals surface area (Å²) in [6.45, 7) is 3.67. The molecule has 0 spiro atoms. The van der Waals surface area contributed by atoms with Gasteiger partial charge in [0.2, 0.25) is 0 Å². The van der Waals surface area contributed by atoms with E-state index in [1.54, 1.807) is 25.3 Å². The first kappa shape index (κ1) is 11.8. The van der Waals surface area contributed by atoms with Crippen LogP contribution in [0.4, 0.5) is 4.39 Å². The van der Waals surface area contributed by atoms with Crippen LogP contribution in [-0.4, -0.2) is 0 Å². The van der Waals surface area contributed by atoms with Crippen LogP contribution in [0.25, 0.3) is 0 Å². The molecule has 0 radical (unpaired) electrons. The Morgan fingerprint density at radius 1 is 1.24 bits per heavy atom. The van der Waals surface area contributed by atoms with Crippen molar-refractivity contribution in [1.29, 1.82) is 0 Å². The van der Waals surface area contributed by atoms with Gasteiger partial charge in [0.15, 0.2) is 0 Å². The lowest BCUT2D eigenvalue weighted by atomic mass is 10.0. The summed E-state index contributed by atoms with van der Waals surface area (Å²) in [5.74, 6) is 6.08. The lowest BCUT2D eigenvalue weighted by molar-refractivity contribution is 0.448. The molecule has 3 N–H and O–H groups in total. The number of hydrogen-bond donors (Lipinski definition) is 2. The minimum atomic E-state index is -0.260. The summed E-state index contributed by atoms with van der Waals surface area (Å²) in [4.78, 5) is 0. The molecule has 1 atom stereocenters. The quantitative estimate of drug-likeness (QED) is 0.634. The highest BCUT2D eigenvalue weighted by molar-refractivity contribution is 5.33. The molecule has 2 aromatic rings. The van der Waals surface area contributed by atoms with Crippen LogP contribution in [0.5, 0.6) is 0 Å². The standard InChI is InChI=1S/C13H15FN2O/c1-8-5-6-17-13(8)12(16-15)10-3-4-11(14)9(2)7-10/h3-7,12,16H,15H2,1-2H3. The SMILES string of the molecule is Cc1cc(C(NN)c2occc2C)ccc1F. The highest BCUT2D eigenvalue weighted by Crippen LogP contribution is 2.26. The van der Waals surface area contributed by atoms with Gasteiger partial charge in [0.1, 0.15) is 17.6 Å². The van der Waals surface area contributed by atoms with E-state index in [-0.39, 0.29) is 11.9 Å². The van der Waals surface area contributed by atoms with Crippen molar-refractivity contribution in [1.82, 2.24) is 5.43 Å². The van der Waals surface area contributed by atoms with Crippen LogP contribution in [0.3, 0.4) is 0 Å². The van der Waals surface area contributed by atoms with Gasteiger partial charge in [-0.2, -0.15) is 0 Å². The number of furan rings is 1. The molecule has 3 nitrogen and oxygen atoms in total. The minimum absolute atomic E-state index is 0.222. The van der Waals surface area contributed by atoms with Crippen LogP contribution in [0.1, 0.15) is 28.5 Å². The zero-order chi connectivity index (χ0) is 12.4. The molecule has 0 saturated heterocycles. The van der Waals surface area contributed by atoms with E-state index >= 15 is 0 Å². The number of rotatable bonds is 3. The second-order valence-electron chi connectivity index (χ2n) is 4.08. The third-order valence-electron chi connectivity index (χ3n) is 2.85. The zero-order valence-electron chi connectivity index (χ0n) is 9.83. The first-order valence-electron chi connectivity index (χ1n) is 5.39. The molecule has 0 aliphatic carbocycles. The Labute approximate surface area is 99.4 Å². The van der Waals surface area contributed by atoms with Crippen molar-refractivity contribution in [2.24, 2.45) is 5.84 Å². The van der Waals surface area contributed by atoms with Gasteiger partial charge >= 0.3 is 0 Å². The van der Waals surface area contributed by atoms with E-state index in [2.05, 4.69) is 5.43 Å². The van der Waals surface area contributed by atoms with Gasteiger partial charge in [0, 0.05) is 0 Å². The van der Waals surface area contributed by atoms with Crippen LogP contribution in [0.2, 0.25) is 0 Å². The number of aryl methyl sites for hydroxylation is 2. The fraction of sp³-hybridized carbons (Fsp3) is 0.231. The maximum Gasteiger partial charge on any atom is 0.129 e. The number of halogens is 1. The van der Waals surface area contributed by atoms with Gasteiger partial charge in [-0.1, -0.05) is 12.1 Å². The monoisotopic (exact) mass is 234 g/mol. The van der Waals surface area contributed by atoms with E-state index in [4.69, 9.17) is 10.3 Å². The molecule has 1 heterocycles. The fourth-order valence-corrected chi connectivity index (χ4v) is 1.85. The van der Waals surface area contributed by atoms with E-state index in [0.717, 1.165) is 16.9 Å². The lowest BCUT2D eigenvalue weighted by Crippen LogP contribution is -2.29. The summed E-state index contributed by atoms with van der Waals surface area (Å²) in [6, 6.07) is 6.52. The molecule has 0 bridgehead atoms. The Kier molecular flexibility index (Phi) is 3.26. The normalized spacial score (nSPS) is 12.7. The molecule has 0 amide bonds. The topological polar surface area (TPSA) is 51.2 Å². The van der Waals surface area contributed by atoms with Crippen molar-refractivity contribution >= 4 is 0 Å². The highest BCUT2D eigenvalue weighted by Gasteiger charge is 2.18. The van der Waals surface area contributed by atoms with Crippen molar-refractivity contribution in [2.75, 3.05) is 0 Å². The van der Waals surface area contributed by atoms with Crippen molar-refractivity contribution in [2.45, 2.75) is 19.9 Å². The van der Waals surface area contributed by atoms with Crippen LogP contribution < -0.4 is 11.3 Å². The maximum absolute atomic E-state index is 13.2. The van der Waals surface area contributed by atoms with Crippen LogP contribution >= 0.6 is 0 Å². The van der Waals surface area contributed by atoms with Gasteiger partial charge in [-0.3, -0.25) is 5.84 Å². The molecule has 0 fully saturated rings. The summed E-state index contributed by atoms with van der Waals surface area (Å²) in [6.07, 6.45) is 1.62. The minimum Gasteiger partial charge on any atom is -0.467 e. The fourth-order valence-electron chi connectivity index (χ4n) is 1.85. The van der Waals surface area contributed by atoms with Gasteiger partial charge in [0.25, 0.3) is 0 Å². The number of hydrogen-bond acceptors (Lipinski definition) is 3. The third kappa shape index (κ3) is 2.23. The molecule has 1 aromatic heterocycles. The Bertz CT molecular complexity index is 522. The Balaban J connectivity index is 2.42. The molecule has 0 aliphatic rings. The van der Waals surface area contributed by atoms with E-state index in [9.17, 15) is 4.39 Å². The number of benzene rings is 1. The summed E-state index contributed by atoms with van der Waals surface area (Å²) in [5, 5.41) is 0. The van der Waals surface area contributed by atoms with E-state index in [1.165, 1.54) is 6.07 Å². The van der Waals surface area contributed by atoms with Gasteiger partial charge in [-0.15, -0.1) is 0 Å². The van der Waals surface area contributed by atoms with E-state index < -0.39 is 0 Å². The summed E-state index contributed by atoms with van der Waals surface area (Å²) < 4.78 is 18.6. The van der Waals surface area contributed by atoms with Gasteiger partial charge in [0.05, 0.1) is 6.26 Å². The number of hydrazine groups is 1. The second-order valence-corrected chi connectivity index (χ2v) is 4.08. The van der Waals surface area contributed by atoms with Gasteiger partial charge in [-0.05, 0) is 42.7 Å². The first-order valence-corrected chi connectivity index (χ1v) is 5.39. The molecule has 0 aliphatic heterocycles. The molecule has 90 valence electrons. The van der Waals surface area contributed by atoms with Crippen LogP contribution in [-0.2, 0) is 0 Å². The molecule has 0 saturated carbocycles. The number of nitrogens with two attached hydrogens (primary N) is 1. The predicted octanol–water partition coefficient (Wildman–Crippen LogP) is 2.59. The molecule has 1 aromatic carbocycles.